The molecule has 3 nitrogen and oxygen atoms in total. The molecule has 0 N–H and O–H groups in total. The lowest BCUT2D eigenvalue weighted by atomic mass is 9.85. The predicted octanol–water partition coefficient (Wildman–Crippen LogP) is 5.93. The molecule has 31 heavy (non-hydrogen) atoms. The second kappa shape index (κ2) is 10.5. The van der Waals surface area contributed by atoms with E-state index in [-0.39, 0.29) is 0 Å². The molecule has 0 amide bonds. The Hall–Kier alpha value is -2.78. The van der Waals surface area contributed by atoms with Gasteiger partial charge in [0.2, 0.25) is 0 Å². The van der Waals surface area contributed by atoms with Gasteiger partial charge in [0.25, 0.3) is 0 Å². The quantitative estimate of drug-likeness (QED) is 0.432. The predicted molar refractivity (Wildman–Crippen MR) is 127 cm³/mol. The number of hydrogen-bond acceptors (Lipinski definition) is 3. The minimum absolute atomic E-state index is 0.439. The number of benzene rings is 3. The summed E-state index contributed by atoms with van der Waals surface area (Å²) in [5, 5.41) is 0. The summed E-state index contributed by atoms with van der Waals surface area (Å²) < 4.78 is 10.9. The Morgan fingerprint density at radius 1 is 0.839 bits per heavy atom. The van der Waals surface area contributed by atoms with Gasteiger partial charge >= 0.3 is 0 Å². The smallest absolute Gasteiger partial charge is 0.160 e. The van der Waals surface area contributed by atoms with E-state index in [4.69, 9.17) is 9.47 Å². The molecule has 0 aromatic heterocycles. The van der Waals surface area contributed by atoms with Crippen molar-refractivity contribution in [2.45, 2.75) is 37.6 Å². The van der Waals surface area contributed by atoms with E-state index in [0.717, 1.165) is 24.5 Å². The molecule has 4 rings (SSSR count). The van der Waals surface area contributed by atoms with Crippen molar-refractivity contribution in [2.75, 3.05) is 27.3 Å². The van der Waals surface area contributed by atoms with Crippen LogP contribution in [0.25, 0.3) is 0 Å². The van der Waals surface area contributed by atoms with Gasteiger partial charge in [0, 0.05) is 18.5 Å². The van der Waals surface area contributed by atoms with Crippen LogP contribution in [0.1, 0.15) is 41.9 Å². The third kappa shape index (κ3) is 5.29. The lowest BCUT2D eigenvalue weighted by Crippen LogP contribution is -2.32. The first-order valence-corrected chi connectivity index (χ1v) is 11.3. The van der Waals surface area contributed by atoms with Gasteiger partial charge < -0.3 is 14.4 Å². The lowest BCUT2D eigenvalue weighted by Gasteiger charge is -2.29. The normalized spacial score (nSPS) is 16.5. The average molecular weight is 416 g/mol. The van der Waals surface area contributed by atoms with Gasteiger partial charge in [-0.05, 0) is 61.1 Å². The first kappa shape index (κ1) is 21.5. The van der Waals surface area contributed by atoms with E-state index < -0.39 is 0 Å². The molecule has 0 spiro atoms. The molecule has 0 saturated carbocycles. The summed E-state index contributed by atoms with van der Waals surface area (Å²) in [7, 11) is 3.38. The van der Waals surface area contributed by atoms with E-state index in [1.54, 1.807) is 14.2 Å². The van der Waals surface area contributed by atoms with E-state index in [9.17, 15) is 0 Å². The summed E-state index contributed by atoms with van der Waals surface area (Å²) in [6.45, 7) is 2.27. The molecule has 1 atom stereocenters. The molecule has 1 aliphatic rings. The summed E-state index contributed by atoms with van der Waals surface area (Å²) in [4.78, 5) is 2.69. The summed E-state index contributed by atoms with van der Waals surface area (Å²) in [5.74, 6) is 2.04. The molecule has 1 saturated heterocycles. The molecule has 3 heteroatoms. The first-order valence-electron chi connectivity index (χ1n) is 11.3. The fourth-order valence-corrected chi connectivity index (χ4v) is 4.87. The van der Waals surface area contributed by atoms with Crippen molar-refractivity contribution in [3.63, 3.8) is 0 Å². The Morgan fingerprint density at radius 3 is 2.10 bits per heavy atom. The summed E-state index contributed by atoms with van der Waals surface area (Å²) in [5.41, 5.74) is 4.13. The van der Waals surface area contributed by atoms with Gasteiger partial charge in [-0.15, -0.1) is 0 Å². The highest BCUT2D eigenvalue weighted by Gasteiger charge is 2.28. The number of likely N-dealkylation sites (tertiary alicyclic amines) is 1. The lowest BCUT2D eigenvalue weighted by molar-refractivity contribution is 0.240. The Kier molecular flexibility index (Phi) is 7.26. The monoisotopic (exact) mass is 415 g/mol. The van der Waals surface area contributed by atoms with Crippen molar-refractivity contribution >= 4 is 0 Å². The van der Waals surface area contributed by atoms with E-state index in [2.05, 4.69) is 77.7 Å². The third-order valence-corrected chi connectivity index (χ3v) is 6.55. The third-order valence-electron chi connectivity index (χ3n) is 6.55. The minimum Gasteiger partial charge on any atom is -0.493 e. The molecule has 1 aliphatic heterocycles. The van der Waals surface area contributed by atoms with Crippen LogP contribution < -0.4 is 9.47 Å². The fourth-order valence-electron chi connectivity index (χ4n) is 4.87. The highest BCUT2D eigenvalue weighted by molar-refractivity contribution is 5.43. The van der Waals surface area contributed by atoms with Crippen LogP contribution in [0, 0.1) is 0 Å². The van der Waals surface area contributed by atoms with Gasteiger partial charge in [-0.25, -0.2) is 0 Å². The van der Waals surface area contributed by atoms with Gasteiger partial charge in [0.05, 0.1) is 14.2 Å². The topological polar surface area (TPSA) is 21.7 Å². The van der Waals surface area contributed by atoms with E-state index in [0.29, 0.717) is 12.0 Å². The van der Waals surface area contributed by atoms with Crippen molar-refractivity contribution in [3.8, 4) is 11.5 Å². The Morgan fingerprint density at radius 2 is 1.48 bits per heavy atom. The van der Waals surface area contributed by atoms with Gasteiger partial charge in [-0.1, -0.05) is 66.7 Å². The van der Waals surface area contributed by atoms with Crippen LogP contribution in [0.4, 0.5) is 0 Å². The standard InChI is InChI=1S/C28H33NO2/c1-30-27-16-15-22(20-28(27)31-2)17-19-29-18-9-14-25(29)21-26(23-10-5-3-6-11-23)24-12-7-4-8-13-24/h3-8,10-13,15-16,20,25-26H,9,14,17-19,21H2,1-2H3. The van der Waals surface area contributed by atoms with Crippen molar-refractivity contribution in [3.05, 3.63) is 95.6 Å². The Bertz CT molecular complexity index is 902. The van der Waals surface area contributed by atoms with Crippen LogP contribution in [-0.2, 0) is 6.42 Å². The zero-order chi connectivity index (χ0) is 21.5. The Balaban J connectivity index is 1.46. The van der Waals surface area contributed by atoms with Crippen molar-refractivity contribution in [1.82, 2.24) is 4.90 Å². The molecule has 1 heterocycles. The highest BCUT2D eigenvalue weighted by Crippen LogP contribution is 2.34. The summed E-state index contributed by atoms with van der Waals surface area (Å²) >= 11 is 0. The van der Waals surface area contributed by atoms with E-state index in [1.165, 1.54) is 42.5 Å². The highest BCUT2D eigenvalue weighted by atomic mass is 16.5. The molecule has 3 aromatic rings. The molecular weight excluding hydrogens is 382 g/mol. The van der Waals surface area contributed by atoms with Gasteiger partial charge in [0.15, 0.2) is 11.5 Å². The number of hydrogen-bond donors (Lipinski definition) is 0. The first-order chi connectivity index (χ1) is 15.3. The maximum absolute atomic E-state index is 5.48. The number of nitrogens with zero attached hydrogens (tertiary/aromatic N) is 1. The molecule has 1 fully saturated rings. The molecule has 162 valence electrons. The molecular formula is C28H33NO2. The van der Waals surface area contributed by atoms with Gasteiger partial charge in [-0.3, -0.25) is 0 Å². The fraction of sp³-hybridized carbons (Fsp3) is 0.357. The second-order valence-electron chi connectivity index (χ2n) is 8.38. The van der Waals surface area contributed by atoms with Crippen molar-refractivity contribution in [2.24, 2.45) is 0 Å². The van der Waals surface area contributed by atoms with Crippen molar-refractivity contribution < 1.29 is 9.47 Å². The Labute approximate surface area is 186 Å². The van der Waals surface area contributed by atoms with Gasteiger partial charge in [-0.2, -0.15) is 0 Å². The number of ether oxygens (including phenoxy) is 2. The second-order valence-corrected chi connectivity index (χ2v) is 8.38. The molecule has 0 aliphatic carbocycles. The largest absolute Gasteiger partial charge is 0.493 e. The van der Waals surface area contributed by atoms with Crippen LogP contribution in [0.5, 0.6) is 11.5 Å². The summed E-state index contributed by atoms with van der Waals surface area (Å²) in [6.07, 6.45) is 4.76. The molecule has 0 bridgehead atoms. The average Bonchev–Trinajstić information content (AvgIpc) is 3.29. The number of rotatable bonds is 9. The maximum atomic E-state index is 5.48. The minimum atomic E-state index is 0.439. The SMILES string of the molecule is COc1ccc(CCN2CCCC2CC(c2ccccc2)c2ccccc2)cc1OC. The van der Waals surface area contributed by atoms with Crippen LogP contribution in [-0.4, -0.2) is 38.3 Å². The van der Waals surface area contributed by atoms with Crippen molar-refractivity contribution in [1.29, 1.82) is 0 Å². The van der Waals surface area contributed by atoms with Gasteiger partial charge in [0.1, 0.15) is 0 Å². The molecule has 0 radical (unpaired) electrons. The van der Waals surface area contributed by atoms with Crippen LogP contribution in [0.15, 0.2) is 78.9 Å². The zero-order valence-electron chi connectivity index (χ0n) is 18.7. The van der Waals surface area contributed by atoms with E-state index in [1.807, 2.05) is 6.07 Å². The molecule has 3 aromatic carbocycles. The van der Waals surface area contributed by atoms with Crippen LogP contribution in [0.2, 0.25) is 0 Å². The maximum Gasteiger partial charge on any atom is 0.160 e. The van der Waals surface area contributed by atoms with Crippen LogP contribution >= 0.6 is 0 Å². The summed E-state index contributed by atoms with van der Waals surface area (Å²) in [6, 6.07) is 28.9. The molecule has 1 unspecified atom stereocenters. The van der Waals surface area contributed by atoms with E-state index >= 15 is 0 Å². The number of methoxy groups -OCH3 is 2. The zero-order valence-corrected chi connectivity index (χ0v) is 18.7. The van der Waals surface area contributed by atoms with Crippen LogP contribution in [0.3, 0.4) is 0 Å².